The zero-order valence-electron chi connectivity index (χ0n) is 12.7. The van der Waals surface area contributed by atoms with Gasteiger partial charge in [-0.25, -0.2) is 0 Å². The van der Waals surface area contributed by atoms with Crippen LogP contribution in [-0.4, -0.2) is 30.5 Å². The Bertz CT molecular complexity index is 609. The molecule has 2 heterocycles. The van der Waals surface area contributed by atoms with Crippen LogP contribution in [0.15, 0.2) is 42.7 Å². The van der Waals surface area contributed by atoms with Gasteiger partial charge in [0.1, 0.15) is 0 Å². The molecule has 4 heteroatoms. The molecule has 4 nitrogen and oxygen atoms in total. The maximum absolute atomic E-state index is 6.05. The maximum Gasteiger partial charge on any atom is 0.0481 e. The monoisotopic (exact) mass is 282 g/mol. The van der Waals surface area contributed by atoms with Crippen LogP contribution in [0.1, 0.15) is 22.7 Å². The first-order valence-electron chi connectivity index (χ1n) is 7.32. The standard InChI is InChI=1S/C17H22N4/c1-20(2)15-4-3-14-12-21(17(10-18)16(14)9-15)11-13-5-7-19-8-6-13/h3-9,17H,10-12,18H2,1-2H3. The average molecular weight is 282 g/mol. The molecule has 21 heavy (non-hydrogen) atoms. The normalized spacial score (nSPS) is 17.8. The summed E-state index contributed by atoms with van der Waals surface area (Å²) in [5.74, 6) is 0. The second kappa shape index (κ2) is 5.84. The molecule has 1 aliphatic heterocycles. The minimum absolute atomic E-state index is 0.299. The van der Waals surface area contributed by atoms with Crippen molar-refractivity contribution < 1.29 is 0 Å². The van der Waals surface area contributed by atoms with Gasteiger partial charge in [0.2, 0.25) is 0 Å². The second-order valence-electron chi connectivity index (χ2n) is 5.79. The fraction of sp³-hybridized carbons (Fsp3) is 0.353. The number of rotatable bonds is 4. The molecule has 2 aromatic rings. The lowest BCUT2D eigenvalue weighted by molar-refractivity contribution is 0.211. The fourth-order valence-corrected chi connectivity index (χ4v) is 3.01. The molecule has 1 aromatic carbocycles. The van der Waals surface area contributed by atoms with Gasteiger partial charge in [-0.1, -0.05) is 6.07 Å². The molecule has 2 N–H and O–H groups in total. The van der Waals surface area contributed by atoms with Crippen LogP contribution in [-0.2, 0) is 13.1 Å². The van der Waals surface area contributed by atoms with Crippen LogP contribution in [0.3, 0.4) is 0 Å². The smallest absolute Gasteiger partial charge is 0.0481 e. The van der Waals surface area contributed by atoms with Crippen LogP contribution >= 0.6 is 0 Å². The van der Waals surface area contributed by atoms with Gasteiger partial charge in [0.05, 0.1) is 0 Å². The summed E-state index contributed by atoms with van der Waals surface area (Å²) in [7, 11) is 4.14. The van der Waals surface area contributed by atoms with Gasteiger partial charge in [-0.2, -0.15) is 0 Å². The summed E-state index contributed by atoms with van der Waals surface area (Å²) in [6, 6.07) is 11.1. The molecule has 1 unspecified atom stereocenters. The molecule has 0 amide bonds. The largest absolute Gasteiger partial charge is 0.378 e. The highest BCUT2D eigenvalue weighted by molar-refractivity contribution is 5.52. The second-order valence-corrected chi connectivity index (χ2v) is 5.79. The van der Waals surface area contributed by atoms with E-state index in [4.69, 9.17) is 5.73 Å². The minimum Gasteiger partial charge on any atom is -0.378 e. The number of pyridine rings is 1. The van der Waals surface area contributed by atoms with E-state index in [1.165, 1.54) is 22.4 Å². The Morgan fingerprint density at radius 2 is 2.00 bits per heavy atom. The highest BCUT2D eigenvalue weighted by atomic mass is 15.2. The third-order valence-electron chi connectivity index (χ3n) is 4.18. The first kappa shape index (κ1) is 14.0. The van der Waals surface area contributed by atoms with E-state index in [0.29, 0.717) is 12.6 Å². The zero-order chi connectivity index (χ0) is 14.8. The molecular formula is C17H22N4. The summed E-state index contributed by atoms with van der Waals surface area (Å²) in [5.41, 5.74) is 11.3. The molecule has 1 atom stereocenters. The number of benzene rings is 1. The Balaban J connectivity index is 1.86. The van der Waals surface area contributed by atoms with Gasteiger partial charge in [0, 0.05) is 57.9 Å². The summed E-state index contributed by atoms with van der Waals surface area (Å²) < 4.78 is 0. The van der Waals surface area contributed by atoms with Crippen LogP contribution in [0.2, 0.25) is 0 Å². The van der Waals surface area contributed by atoms with E-state index in [9.17, 15) is 0 Å². The van der Waals surface area contributed by atoms with Gasteiger partial charge in [0.15, 0.2) is 0 Å². The lowest BCUT2D eigenvalue weighted by Gasteiger charge is -2.24. The predicted molar refractivity (Wildman–Crippen MR) is 86.0 cm³/mol. The van der Waals surface area contributed by atoms with Crippen molar-refractivity contribution in [2.75, 3.05) is 25.5 Å². The van der Waals surface area contributed by atoms with E-state index >= 15 is 0 Å². The SMILES string of the molecule is CN(C)c1ccc2c(c1)C(CN)N(Cc1ccncc1)C2. The van der Waals surface area contributed by atoms with Crippen molar-refractivity contribution >= 4 is 5.69 Å². The first-order valence-corrected chi connectivity index (χ1v) is 7.32. The molecular weight excluding hydrogens is 260 g/mol. The van der Waals surface area contributed by atoms with Crippen molar-refractivity contribution in [1.29, 1.82) is 0 Å². The van der Waals surface area contributed by atoms with Crippen LogP contribution in [0.25, 0.3) is 0 Å². The summed E-state index contributed by atoms with van der Waals surface area (Å²) in [5, 5.41) is 0. The van der Waals surface area contributed by atoms with Gasteiger partial charge < -0.3 is 10.6 Å². The number of hydrogen-bond donors (Lipinski definition) is 1. The summed E-state index contributed by atoms with van der Waals surface area (Å²) in [6.45, 7) is 2.53. The number of nitrogens with zero attached hydrogens (tertiary/aromatic N) is 3. The molecule has 3 rings (SSSR count). The number of fused-ring (bicyclic) bond motifs is 1. The highest BCUT2D eigenvalue weighted by Gasteiger charge is 2.29. The van der Waals surface area contributed by atoms with Crippen molar-refractivity contribution in [2.24, 2.45) is 5.73 Å². The molecule has 0 aliphatic carbocycles. The molecule has 0 saturated carbocycles. The van der Waals surface area contributed by atoms with Crippen LogP contribution in [0.4, 0.5) is 5.69 Å². The van der Waals surface area contributed by atoms with Crippen molar-refractivity contribution in [2.45, 2.75) is 19.1 Å². The van der Waals surface area contributed by atoms with Gasteiger partial charge in [-0.3, -0.25) is 9.88 Å². The zero-order valence-corrected chi connectivity index (χ0v) is 12.7. The van der Waals surface area contributed by atoms with Gasteiger partial charge >= 0.3 is 0 Å². The van der Waals surface area contributed by atoms with Crippen molar-refractivity contribution in [3.05, 3.63) is 59.4 Å². The summed E-state index contributed by atoms with van der Waals surface area (Å²) in [4.78, 5) is 8.66. The number of anilines is 1. The van der Waals surface area contributed by atoms with Crippen LogP contribution < -0.4 is 10.6 Å². The molecule has 110 valence electrons. The number of nitrogens with two attached hydrogens (primary N) is 1. The number of aromatic nitrogens is 1. The molecule has 1 aliphatic rings. The Morgan fingerprint density at radius 3 is 2.67 bits per heavy atom. The average Bonchev–Trinajstić information content (AvgIpc) is 2.84. The van der Waals surface area contributed by atoms with E-state index in [1.807, 2.05) is 12.4 Å². The Labute approximate surface area is 126 Å². The topological polar surface area (TPSA) is 45.4 Å². The van der Waals surface area contributed by atoms with Gasteiger partial charge in [-0.05, 0) is 41.0 Å². The fourth-order valence-electron chi connectivity index (χ4n) is 3.01. The highest BCUT2D eigenvalue weighted by Crippen LogP contribution is 2.36. The van der Waals surface area contributed by atoms with E-state index in [0.717, 1.165) is 13.1 Å². The van der Waals surface area contributed by atoms with E-state index < -0.39 is 0 Å². The Kier molecular flexibility index (Phi) is 3.90. The third-order valence-corrected chi connectivity index (χ3v) is 4.18. The summed E-state index contributed by atoms with van der Waals surface area (Å²) in [6.07, 6.45) is 3.69. The lowest BCUT2D eigenvalue weighted by atomic mass is 10.0. The van der Waals surface area contributed by atoms with E-state index in [-0.39, 0.29) is 0 Å². The van der Waals surface area contributed by atoms with Gasteiger partial charge in [0.25, 0.3) is 0 Å². The Hall–Kier alpha value is -1.91. The molecule has 0 fully saturated rings. The van der Waals surface area contributed by atoms with E-state index in [2.05, 4.69) is 59.2 Å². The minimum atomic E-state index is 0.299. The first-order chi connectivity index (χ1) is 10.2. The molecule has 1 aromatic heterocycles. The van der Waals surface area contributed by atoms with Crippen molar-refractivity contribution in [3.8, 4) is 0 Å². The van der Waals surface area contributed by atoms with Crippen molar-refractivity contribution in [1.82, 2.24) is 9.88 Å². The molecule has 0 saturated heterocycles. The van der Waals surface area contributed by atoms with Crippen LogP contribution in [0, 0.1) is 0 Å². The summed E-state index contributed by atoms with van der Waals surface area (Å²) >= 11 is 0. The van der Waals surface area contributed by atoms with Crippen LogP contribution in [0.5, 0.6) is 0 Å². The van der Waals surface area contributed by atoms with Crippen molar-refractivity contribution in [3.63, 3.8) is 0 Å². The molecule has 0 radical (unpaired) electrons. The molecule has 0 spiro atoms. The predicted octanol–water partition coefficient (Wildman–Crippen LogP) is 2.16. The maximum atomic E-state index is 6.05. The lowest BCUT2D eigenvalue weighted by Crippen LogP contribution is -2.27. The third kappa shape index (κ3) is 2.77. The molecule has 0 bridgehead atoms. The van der Waals surface area contributed by atoms with Gasteiger partial charge in [-0.15, -0.1) is 0 Å². The Morgan fingerprint density at radius 1 is 1.24 bits per heavy atom. The number of hydrogen-bond acceptors (Lipinski definition) is 4. The quantitative estimate of drug-likeness (QED) is 0.933. The van der Waals surface area contributed by atoms with E-state index in [1.54, 1.807) is 0 Å².